The van der Waals surface area contributed by atoms with Crippen LogP contribution in [0.25, 0.3) is 0 Å². The highest BCUT2D eigenvalue weighted by atomic mass is 16.5. The number of methoxy groups -OCH3 is 1. The number of nitrogens with one attached hydrogen (secondary N) is 1. The molecule has 1 aromatic carbocycles. The van der Waals surface area contributed by atoms with Crippen molar-refractivity contribution in [1.29, 1.82) is 0 Å². The third-order valence-electron chi connectivity index (χ3n) is 3.59. The Morgan fingerprint density at radius 2 is 2.08 bits per heavy atom. The van der Waals surface area contributed by atoms with Crippen molar-refractivity contribution in [3.63, 3.8) is 0 Å². The summed E-state index contributed by atoms with van der Waals surface area (Å²) in [6.45, 7) is 9.35. The van der Waals surface area contributed by atoms with Crippen LogP contribution in [0.4, 0.5) is 0 Å². The van der Waals surface area contributed by atoms with Crippen LogP contribution in [0.2, 0.25) is 0 Å². The molecule has 1 rings (SSSR count). The quantitative estimate of drug-likeness (QED) is 0.199. The predicted octanol–water partition coefficient (Wildman–Crippen LogP) is 3.77. The number of unbranched alkanes of at least 4 members (excludes halogenated alkanes) is 1. The van der Waals surface area contributed by atoms with Gasteiger partial charge in [-0.1, -0.05) is 38.1 Å². The fourth-order valence-electron chi connectivity index (χ4n) is 2.22. The Labute approximate surface area is 151 Å². The Balaban J connectivity index is 2.56. The molecular formula is C20H31N3O2. The second-order valence-electron chi connectivity index (χ2n) is 5.79. The van der Waals surface area contributed by atoms with E-state index in [0.717, 1.165) is 43.7 Å². The van der Waals surface area contributed by atoms with E-state index in [4.69, 9.17) is 15.2 Å². The van der Waals surface area contributed by atoms with Crippen molar-refractivity contribution in [3.05, 3.63) is 54.1 Å². The smallest absolute Gasteiger partial charge is 0.160 e. The van der Waals surface area contributed by atoms with Gasteiger partial charge >= 0.3 is 0 Å². The summed E-state index contributed by atoms with van der Waals surface area (Å²) in [6, 6.07) is 8.03. The summed E-state index contributed by atoms with van der Waals surface area (Å²) in [4.78, 5) is 4.13. The lowest BCUT2D eigenvalue weighted by Gasteiger charge is -2.14. The van der Waals surface area contributed by atoms with Gasteiger partial charge in [0.1, 0.15) is 5.75 Å². The number of amidine groups is 1. The molecule has 0 unspecified atom stereocenters. The molecule has 0 aliphatic heterocycles. The van der Waals surface area contributed by atoms with Gasteiger partial charge in [-0.05, 0) is 37.8 Å². The first kappa shape index (κ1) is 20.6. The number of ether oxygens (including phenoxy) is 2. The van der Waals surface area contributed by atoms with Crippen molar-refractivity contribution in [2.24, 2.45) is 10.7 Å². The van der Waals surface area contributed by atoms with Gasteiger partial charge in [0.05, 0.1) is 31.4 Å². The van der Waals surface area contributed by atoms with E-state index < -0.39 is 0 Å². The zero-order valence-electron chi connectivity index (χ0n) is 15.7. The van der Waals surface area contributed by atoms with E-state index in [2.05, 4.69) is 29.9 Å². The molecule has 0 amide bonds. The molecule has 5 nitrogen and oxygen atoms in total. The molecule has 0 bridgehead atoms. The molecule has 1 aromatic rings. The van der Waals surface area contributed by atoms with Crippen molar-refractivity contribution in [3.8, 4) is 5.75 Å². The van der Waals surface area contributed by atoms with E-state index in [1.165, 1.54) is 5.56 Å². The highest BCUT2D eigenvalue weighted by Crippen LogP contribution is 2.19. The molecule has 138 valence electrons. The number of nitrogens with two attached hydrogens (primary N) is 1. The fraction of sp³-hybridized carbons (Fsp3) is 0.450. The van der Waals surface area contributed by atoms with Gasteiger partial charge in [0.25, 0.3) is 0 Å². The van der Waals surface area contributed by atoms with Gasteiger partial charge in [0.2, 0.25) is 0 Å². The summed E-state index contributed by atoms with van der Waals surface area (Å²) in [5.41, 5.74) is 7.52. The lowest BCUT2D eigenvalue weighted by molar-refractivity contribution is 0.212. The van der Waals surface area contributed by atoms with Crippen LogP contribution in [0.5, 0.6) is 5.75 Å². The monoisotopic (exact) mass is 345 g/mol. The molecule has 0 aromatic heterocycles. The average Bonchev–Trinajstić information content (AvgIpc) is 2.61. The second-order valence-corrected chi connectivity index (χ2v) is 5.79. The van der Waals surface area contributed by atoms with Gasteiger partial charge in [-0.25, -0.2) is 4.99 Å². The van der Waals surface area contributed by atoms with Crippen molar-refractivity contribution in [2.45, 2.75) is 39.5 Å². The summed E-state index contributed by atoms with van der Waals surface area (Å²) in [7, 11) is 1.69. The minimum Gasteiger partial charge on any atom is -0.496 e. The van der Waals surface area contributed by atoms with Gasteiger partial charge in [-0.2, -0.15) is 0 Å². The Kier molecular flexibility index (Phi) is 9.90. The maximum absolute atomic E-state index is 5.88. The number of para-hydroxylation sites is 1. The van der Waals surface area contributed by atoms with Crippen molar-refractivity contribution < 1.29 is 9.47 Å². The molecule has 0 saturated carbocycles. The fourth-order valence-corrected chi connectivity index (χ4v) is 2.22. The number of rotatable bonds is 12. The molecule has 5 heteroatoms. The standard InChI is InChI=1S/C20H31N3O2/c1-5-6-13-22-16(2)20(15-23-17(3)21)25-14-9-11-18-10-7-8-12-19(18)24-4/h7-8,10,12,15,22H,2,5-6,9,11,13-14H2,1,3-4H3,(H2,21,23)/b20-15+. The maximum Gasteiger partial charge on any atom is 0.160 e. The van der Waals surface area contributed by atoms with Crippen LogP contribution in [0.15, 0.2) is 53.5 Å². The van der Waals surface area contributed by atoms with E-state index in [9.17, 15) is 0 Å². The zero-order chi connectivity index (χ0) is 18.5. The minimum absolute atomic E-state index is 0.483. The minimum atomic E-state index is 0.483. The second kappa shape index (κ2) is 12.0. The van der Waals surface area contributed by atoms with Crippen molar-refractivity contribution >= 4 is 5.84 Å². The average molecular weight is 345 g/mol. The van der Waals surface area contributed by atoms with E-state index in [1.54, 1.807) is 20.2 Å². The van der Waals surface area contributed by atoms with E-state index in [1.807, 2.05) is 18.2 Å². The van der Waals surface area contributed by atoms with Crippen LogP contribution in [-0.4, -0.2) is 26.1 Å². The highest BCUT2D eigenvalue weighted by molar-refractivity contribution is 5.78. The Morgan fingerprint density at radius 1 is 1.32 bits per heavy atom. The molecule has 0 aliphatic rings. The normalized spacial score (nSPS) is 12.0. The van der Waals surface area contributed by atoms with Gasteiger partial charge in [-0.15, -0.1) is 0 Å². The molecule has 25 heavy (non-hydrogen) atoms. The topological polar surface area (TPSA) is 68.9 Å². The number of benzene rings is 1. The predicted molar refractivity (Wildman–Crippen MR) is 105 cm³/mol. The van der Waals surface area contributed by atoms with Gasteiger partial charge in [-0.3, -0.25) is 0 Å². The Bertz CT molecular complexity index is 590. The number of nitrogens with zero attached hydrogens (tertiary/aromatic N) is 1. The highest BCUT2D eigenvalue weighted by Gasteiger charge is 2.06. The summed E-state index contributed by atoms with van der Waals surface area (Å²) in [5.74, 6) is 2.02. The summed E-state index contributed by atoms with van der Waals surface area (Å²) >= 11 is 0. The SMILES string of the molecule is C=C(NCCCC)/C(=C\N=C(/C)N)OCCCc1ccccc1OC. The van der Waals surface area contributed by atoms with Crippen molar-refractivity contribution in [2.75, 3.05) is 20.3 Å². The number of hydrogen-bond donors (Lipinski definition) is 2. The lowest BCUT2D eigenvalue weighted by atomic mass is 10.1. The molecule has 0 fully saturated rings. The Morgan fingerprint density at radius 3 is 2.76 bits per heavy atom. The van der Waals surface area contributed by atoms with E-state index in [0.29, 0.717) is 18.2 Å². The van der Waals surface area contributed by atoms with Crippen LogP contribution in [0.3, 0.4) is 0 Å². The first-order valence-corrected chi connectivity index (χ1v) is 8.76. The molecule has 0 saturated heterocycles. The maximum atomic E-state index is 5.88. The first-order chi connectivity index (χ1) is 12.1. The molecule has 0 atom stereocenters. The summed E-state index contributed by atoms with van der Waals surface area (Å²) in [5, 5.41) is 3.27. The third kappa shape index (κ3) is 8.29. The zero-order valence-corrected chi connectivity index (χ0v) is 15.7. The molecule has 3 N–H and O–H groups in total. The van der Waals surface area contributed by atoms with Crippen LogP contribution in [-0.2, 0) is 11.2 Å². The summed E-state index contributed by atoms with van der Waals surface area (Å²) in [6.07, 6.45) is 5.58. The first-order valence-electron chi connectivity index (χ1n) is 8.76. The molecule has 0 spiro atoms. The molecule has 0 aliphatic carbocycles. The van der Waals surface area contributed by atoms with Gasteiger partial charge < -0.3 is 20.5 Å². The van der Waals surface area contributed by atoms with Crippen LogP contribution >= 0.6 is 0 Å². The third-order valence-corrected chi connectivity index (χ3v) is 3.59. The summed E-state index contributed by atoms with van der Waals surface area (Å²) < 4.78 is 11.2. The number of aliphatic imine (C=N–C) groups is 1. The number of hydrogen-bond acceptors (Lipinski definition) is 4. The van der Waals surface area contributed by atoms with E-state index in [-0.39, 0.29) is 0 Å². The molecule has 0 heterocycles. The van der Waals surface area contributed by atoms with Crippen LogP contribution in [0.1, 0.15) is 38.7 Å². The van der Waals surface area contributed by atoms with Gasteiger partial charge in [0.15, 0.2) is 5.76 Å². The van der Waals surface area contributed by atoms with E-state index >= 15 is 0 Å². The molecule has 0 radical (unpaired) electrons. The lowest BCUT2D eigenvalue weighted by Crippen LogP contribution is -2.17. The number of aryl methyl sites for hydroxylation is 1. The van der Waals surface area contributed by atoms with Gasteiger partial charge in [0, 0.05) is 6.54 Å². The largest absolute Gasteiger partial charge is 0.496 e. The Hall–Kier alpha value is -2.43. The van der Waals surface area contributed by atoms with Crippen molar-refractivity contribution in [1.82, 2.24) is 5.32 Å². The molecular weight excluding hydrogens is 314 g/mol. The van der Waals surface area contributed by atoms with Crippen LogP contribution < -0.4 is 15.8 Å². The van der Waals surface area contributed by atoms with Crippen LogP contribution in [0, 0.1) is 0 Å².